The smallest absolute Gasteiger partial charge is 0.277 e. The van der Waals surface area contributed by atoms with Crippen LogP contribution in [-0.2, 0) is 11.3 Å². The van der Waals surface area contributed by atoms with Gasteiger partial charge in [-0.15, -0.1) is 10.2 Å². The molecule has 1 aromatic heterocycles. The lowest BCUT2D eigenvalue weighted by atomic mass is 10.2. The van der Waals surface area contributed by atoms with Gasteiger partial charge in [0.15, 0.2) is 0 Å². The molecule has 0 spiro atoms. The van der Waals surface area contributed by atoms with Crippen molar-refractivity contribution in [3.63, 3.8) is 0 Å². The number of hydrogen-bond donors (Lipinski definition) is 0. The average Bonchev–Trinajstić information content (AvgIpc) is 3.08. The van der Waals surface area contributed by atoms with Crippen molar-refractivity contribution in [2.75, 3.05) is 12.8 Å². The molecule has 1 amide bonds. The Bertz CT molecular complexity index is 917. The Balaban J connectivity index is 1.56. The quantitative estimate of drug-likeness (QED) is 0.549. The number of carbonyl (C=O) groups excluding carboxylic acids is 1. The highest BCUT2D eigenvalue weighted by Gasteiger charge is 2.14. The maximum absolute atomic E-state index is 12.3. The highest BCUT2D eigenvalue weighted by atomic mass is 35.5. The summed E-state index contributed by atoms with van der Waals surface area (Å²) in [4.78, 5) is 13.9. The van der Waals surface area contributed by atoms with Gasteiger partial charge >= 0.3 is 0 Å². The third-order valence-corrected chi connectivity index (χ3v) is 4.81. The summed E-state index contributed by atoms with van der Waals surface area (Å²) in [6.45, 7) is 0.484. The Morgan fingerprint density at radius 3 is 2.58 bits per heavy atom. The first-order chi connectivity index (χ1) is 12.5. The summed E-state index contributed by atoms with van der Waals surface area (Å²) in [5.74, 6) is 0.529. The number of halogens is 2. The molecule has 3 rings (SSSR count). The molecule has 134 valence electrons. The highest BCUT2D eigenvalue weighted by Crippen LogP contribution is 2.25. The molecule has 0 aliphatic rings. The van der Waals surface area contributed by atoms with Crippen LogP contribution in [0.4, 0.5) is 0 Å². The summed E-state index contributed by atoms with van der Waals surface area (Å²) in [6.07, 6.45) is 0. The third-order valence-electron chi connectivity index (χ3n) is 3.53. The fourth-order valence-electron chi connectivity index (χ4n) is 2.24. The predicted octanol–water partition coefficient (Wildman–Crippen LogP) is 4.79. The second-order valence-corrected chi connectivity index (χ2v) is 7.35. The van der Waals surface area contributed by atoms with Crippen LogP contribution in [0.3, 0.4) is 0 Å². The first kappa shape index (κ1) is 18.8. The van der Waals surface area contributed by atoms with E-state index in [0.29, 0.717) is 27.7 Å². The van der Waals surface area contributed by atoms with Crippen molar-refractivity contribution < 1.29 is 9.21 Å². The fraction of sp³-hybridized carbons (Fsp3) is 0.167. The SMILES string of the molecule is CN(Cc1cccc(Cl)c1)C(=O)CSc1nnc(-c2cccc(Cl)c2)o1. The molecule has 0 bridgehead atoms. The summed E-state index contributed by atoms with van der Waals surface area (Å²) >= 11 is 13.1. The normalized spacial score (nSPS) is 10.7. The van der Waals surface area contributed by atoms with Gasteiger partial charge in [0.25, 0.3) is 5.22 Å². The second-order valence-electron chi connectivity index (χ2n) is 5.55. The van der Waals surface area contributed by atoms with Crippen LogP contribution in [0, 0.1) is 0 Å². The van der Waals surface area contributed by atoms with E-state index in [-0.39, 0.29) is 11.7 Å². The van der Waals surface area contributed by atoms with E-state index in [0.717, 1.165) is 11.1 Å². The second kappa shape index (κ2) is 8.58. The molecule has 0 saturated heterocycles. The minimum atomic E-state index is -0.0440. The Labute approximate surface area is 165 Å². The van der Waals surface area contributed by atoms with E-state index in [1.54, 1.807) is 30.1 Å². The van der Waals surface area contributed by atoms with E-state index >= 15 is 0 Å². The maximum Gasteiger partial charge on any atom is 0.277 e. The van der Waals surface area contributed by atoms with Crippen molar-refractivity contribution in [3.05, 3.63) is 64.1 Å². The van der Waals surface area contributed by atoms with Gasteiger partial charge in [0, 0.05) is 29.2 Å². The first-order valence-electron chi connectivity index (χ1n) is 7.72. The van der Waals surface area contributed by atoms with Crippen LogP contribution in [0.25, 0.3) is 11.5 Å². The van der Waals surface area contributed by atoms with Crippen molar-refractivity contribution in [3.8, 4) is 11.5 Å². The molecule has 0 aliphatic heterocycles. The Kier molecular flexibility index (Phi) is 6.19. The lowest BCUT2D eigenvalue weighted by molar-refractivity contribution is -0.127. The molecule has 3 aromatic rings. The highest BCUT2D eigenvalue weighted by molar-refractivity contribution is 7.99. The molecule has 8 heteroatoms. The number of benzene rings is 2. The van der Waals surface area contributed by atoms with Gasteiger partial charge in [-0.1, -0.05) is 53.2 Å². The molecular weight excluding hydrogens is 393 g/mol. The number of thioether (sulfide) groups is 1. The molecule has 0 radical (unpaired) electrons. The predicted molar refractivity (Wildman–Crippen MR) is 103 cm³/mol. The number of rotatable bonds is 6. The van der Waals surface area contributed by atoms with E-state index in [1.807, 2.05) is 30.3 Å². The third kappa shape index (κ3) is 5.00. The summed E-state index contributed by atoms with van der Waals surface area (Å²) in [5.41, 5.74) is 1.71. The van der Waals surface area contributed by atoms with Gasteiger partial charge < -0.3 is 9.32 Å². The van der Waals surface area contributed by atoms with Gasteiger partial charge in [0.1, 0.15) is 0 Å². The van der Waals surface area contributed by atoms with Crippen LogP contribution in [-0.4, -0.2) is 33.8 Å². The molecule has 0 atom stereocenters. The topological polar surface area (TPSA) is 59.2 Å². The molecular formula is C18H15Cl2N3O2S. The zero-order valence-corrected chi connectivity index (χ0v) is 16.2. The van der Waals surface area contributed by atoms with Crippen molar-refractivity contribution in [2.24, 2.45) is 0 Å². The summed E-state index contributed by atoms with van der Waals surface area (Å²) < 4.78 is 5.58. The molecule has 0 saturated carbocycles. The van der Waals surface area contributed by atoms with Crippen LogP contribution in [0.1, 0.15) is 5.56 Å². The number of carbonyl (C=O) groups is 1. The van der Waals surface area contributed by atoms with Crippen molar-refractivity contribution in [1.82, 2.24) is 15.1 Å². The minimum Gasteiger partial charge on any atom is -0.411 e. The molecule has 26 heavy (non-hydrogen) atoms. The van der Waals surface area contributed by atoms with E-state index in [2.05, 4.69) is 10.2 Å². The Morgan fingerprint density at radius 2 is 1.85 bits per heavy atom. The average molecular weight is 408 g/mol. The largest absolute Gasteiger partial charge is 0.411 e. The number of amides is 1. The van der Waals surface area contributed by atoms with E-state index in [4.69, 9.17) is 27.6 Å². The van der Waals surface area contributed by atoms with Crippen LogP contribution >= 0.6 is 35.0 Å². The lowest BCUT2D eigenvalue weighted by Gasteiger charge is -2.16. The summed E-state index contributed by atoms with van der Waals surface area (Å²) in [5, 5.41) is 9.53. The molecule has 0 unspecified atom stereocenters. The Morgan fingerprint density at radius 1 is 1.12 bits per heavy atom. The van der Waals surface area contributed by atoms with Gasteiger partial charge in [-0.25, -0.2) is 0 Å². The zero-order chi connectivity index (χ0) is 18.5. The number of nitrogens with zero attached hydrogens (tertiary/aromatic N) is 3. The van der Waals surface area contributed by atoms with Crippen LogP contribution in [0.15, 0.2) is 58.2 Å². The van der Waals surface area contributed by atoms with Crippen molar-refractivity contribution in [2.45, 2.75) is 11.8 Å². The van der Waals surface area contributed by atoms with Crippen molar-refractivity contribution >= 4 is 40.9 Å². The first-order valence-corrected chi connectivity index (χ1v) is 9.46. The molecule has 5 nitrogen and oxygen atoms in total. The summed E-state index contributed by atoms with van der Waals surface area (Å²) in [7, 11) is 1.75. The van der Waals surface area contributed by atoms with Crippen molar-refractivity contribution in [1.29, 1.82) is 0 Å². The lowest BCUT2D eigenvalue weighted by Crippen LogP contribution is -2.27. The molecule has 0 fully saturated rings. The van der Waals surface area contributed by atoms with Gasteiger partial charge in [0.05, 0.1) is 5.75 Å². The maximum atomic E-state index is 12.3. The number of aromatic nitrogens is 2. The molecule has 1 heterocycles. The Hall–Kier alpha value is -2.02. The van der Waals surface area contributed by atoms with Gasteiger partial charge in [-0.2, -0.15) is 0 Å². The van der Waals surface area contributed by atoms with E-state index in [9.17, 15) is 4.79 Å². The molecule has 0 N–H and O–H groups in total. The monoisotopic (exact) mass is 407 g/mol. The van der Waals surface area contributed by atoms with Crippen LogP contribution in [0.2, 0.25) is 10.0 Å². The molecule has 2 aromatic carbocycles. The minimum absolute atomic E-state index is 0.0440. The van der Waals surface area contributed by atoms with Gasteiger partial charge in [0.2, 0.25) is 11.8 Å². The number of hydrogen-bond acceptors (Lipinski definition) is 5. The zero-order valence-electron chi connectivity index (χ0n) is 13.9. The van der Waals surface area contributed by atoms with Gasteiger partial charge in [-0.3, -0.25) is 4.79 Å². The standard InChI is InChI=1S/C18H15Cl2N3O2S/c1-23(10-12-4-2-6-14(19)8-12)16(24)11-26-18-22-21-17(25-18)13-5-3-7-15(20)9-13/h2-9H,10-11H2,1H3. The van der Waals surface area contributed by atoms with Crippen LogP contribution in [0.5, 0.6) is 0 Å². The molecule has 0 aliphatic carbocycles. The summed E-state index contributed by atoms with van der Waals surface area (Å²) in [6, 6.07) is 14.6. The van der Waals surface area contributed by atoms with E-state index < -0.39 is 0 Å². The van der Waals surface area contributed by atoms with Crippen LogP contribution < -0.4 is 0 Å². The van der Waals surface area contributed by atoms with Gasteiger partial charge in [-0.05, 0) is 35.9 Å². The van der Waals surface area contributed by atoms with E-state index in [1.165, 1.54) is 11.8 Å². The fourth-order valence-corrected chi connectivity index (χ4v) is 3.34.